The first kappa shape index (κ1) is 13.3. The van der Waals surface area contributed by atoms with E-state index >= 15 is 0 Å². The van der Waals surface area contributed by atoms with Crippen LogP contribution in [0.3, 0.4) is 0 Å². The Balaban J connectivity index is 2.00. The van der Waals surface area contributed by atoms with Crippen molar-refractivity contribution in [2.45, 2.75) is 25.3 Å². The largest absolute Gasteiger partial charge is 0.481 e. The van der Waals surface area contributed by atoms with Crippen LogP contribution in [0.4, 0.5) is 0 Å². The van der Waals surface area contributed by atoms with Gasteiger partial charge in [0, 0.05) is 31.4 Å². The summed E-state index contributed by atoms with van der Waals surface area (Å²) < 4.78 is 5.08. The monoisotopic (exact) mass is 249 g/mol. The quantitative estimate of drug-likeness (QED) is 0.835. The number of aromatic nitrogens is 1. The molecule has 0 amide bonds. The van der Waals surface area contributed by atoms with Gasteiger partial charge in [0.15, 0.2) is 0 Å². The van der Waals surface area contributed by atoms with Crippen LogP contribution in [0.15, 0.2) is 18.3 Å². The van der Waals surface area contributed by atoms with E-state index in [0.29, 0.717) is 12.4 Å². The summed E-state index contributed by atoms with van der Waals surface area (Å²) in [5.41, 5.74) is 7.08. The molecule has 1 unspecified atom stereocenters. The van der Waals surface area contributed by atoms with Gasteiger partial charge in [-0.3, -0.25) is 4.90 Å². The van der Waals surface area contributed by atoms with Gasteiger partial charge in [0.2, 0.25) is 5.88 Å². The first-order valence-corrected chi connectivity index (χ1v) is 6.65. The first-order valence-electron chi connectivity index (χ1n) is 6.65. The van der Waals surface area contributed by atoms with Crippen molar-refractivity contribution in [3.63, 3.8) is 0 Å². The first-order chi connectivity index (χ1) is 8.74. The molecular formula is C14H23N3O. The van der Waals surface area contributed by atoms with Crippen LogP contribution in [0.25, 0.3) is 0 Å². The summed E-state index contributed by atoms with van der Waals surface area (Å²) in [5, 5.41) is 0. The molecule has 1 aliphatic carbocycles. The summed E-state index contributed by atoms with van der Waals surface area (Å²) in [6, 6.07) is 4.21. The molecule has 4 nitrogen and oxygen atoms in total. The lowest BCUT2D eigenvalue weighted by atomic mass is 9.85. The van der Waals surface area contributed by atoms with E-state index in [1.165, 1.54) is 24.8 Å². The van der Waals surface area contributed by atoms with Crippen molar-refractivity contribution in [3.05, 3.63) is 23.9 Å². The van der Waals surface area contributed by atoms with Gasteiger partial charge in [-0.25, -0.2) is 4.98 Å². The van der Waals surface area contributed by atoms with E-state index in [9.17, 15) is 0 Å². The van der Waals surface area contributed by atoms with E-state index in [4.69, 9.17) is 10.5 Å². The second-order valence-electron chi connectivity index (χ2n) is 5.12. The Morgan fingerprint density at radius 2 is 2.28 bits per heavy atom. The van der Waals surface area contributed by atoms with Gasteiger partial charge in [-0.1, -0.05) is 12.5 Å². The number of nitrogens with zero attached hydrogens (tertiary/aromatic N) is 2. The van der Waals surface area contributed by atoms with Crippen LogP contribution in [0.1, 0.15) is 30.9 Å². The third-order valence-electron chi connectivity index (χ3n) is 3.88. The van der Waals surface area contributed by atoms with Crippen molar-refractivity contribution < 1.29 is 4.74 Å². The van der Waals surface area contributed by atoms with Gasteiger partial charge in [0.1, 0.15) is 0 Å². The van der Waals surface area contributed by atoms with Crippen molar-refractivity contribution >= 4 is 0 Å². The molecule has 4 heteroatoms. The molecule has 1 atom stereocenters. The predicted octanol–water partition coefficient (Wildman–Crippen LogP) is 1.82. The molecule has 1 aliphatic rings. The normalized spacial score (nSPS) is 17.6. The van der Waals surface area contributed by atoms with E-state index in [0.717, 1.165) is 12.5 Å². The van der Waals surface area contributed by atoms with Crippen LogP contribution in [0.5, 0.6) is 5.88 Å². The highest BCUT2D eigenvalue weighted by atomic mass is 16.5. The molecule has 1 aromatic heterocycles. The smallest absolute Gasteiger partial charge is 0.212 e. The maximum absolute atomic E-state index is 5.91. The molecule has 0 bridgehead atoms. The molecule has 0 radical (unpaired) electrons. The van der Waals surface area contributed by atoms with Crippen molar-refractivity contribution in [2.24, 2.45) is 11.7 Å². The SMILES string of the molecule is COc1ccc(C(CN)N(C)CC2CCC2)cn1. The van der Waals surface area contributed by atoms with Gasteiger partial charge >= 0.3 is 0 Å². The molecule has 1 heterocycles. The number of ether oxygens (including phenoxy) is 1. The molecule has 2 N–H and O–H groups in total. The third-order valence-corrected chi connectivity index (χ3v) is 3.88. The fraction of sp³-hybridized carbons (Fsp3) is 0.643. The minimum atomic E-state index is 0.254. The van der Waals surface area contributed by atoms with E-state index in [-0.39, 0.29) is 6.04 Å². The van der Waals surface area contributed by atoms with E-state index in [2.05, 4.69) is 23.0 Å². The Labute approximate surface area is 109 Å². The number of rotatable bonds is 6. The predicted molar refractivity (Wildman–Crippen MR) is 72.6 cm³/mol. The van der Waals surface area contributed by atoms with Gasteiger partial charge in [-0.15, -0.1) is 0 Å². The molecule has 1 saturated carbocycles. The highest BCUT2D eigenvalue weighted by Gasteiger charge is 2.23. The Morgan fingerprint density at radius 1 is 1.50 bits per heavy atom. The van der Waals surface area contributed by atoms with Gasteiger partial charge in [-0.05, 0) is 31.4 Å². The van der Waals surface area contributed by atoms with E-state index < -0.39 is 0 Å². The highest BCUT2D eigenvalue weighted by Crippen LogP contribution is 2.29. The van der Waals surface area contributed by atoms with Gasteiger partial charge < -0.3 is 10.5 Å². The number of nitrogens with two attached hydrogens (primary N) is 1. The average Bonchev–Trinajstić information content (AvgIpc) is 2.35. The number of hydrogen-bond acceptors (Lipinski definition) is 4. The second kappa shape index (κ2) is 6.16. The summed E-state index contributed by atoms with van der Waals surface area (Å²) in [6.45, 7) is 1.76. The zero-order chi connectivity index (χ0) is 13.0. The summed E-state index contributed by atoms with van der Waals surface area (Å²) in [4.78, 5) is 6.61. The summed E-state index contributed by atoms with van der Waals surface area (Å²) in [6.07, 6.45) is 5.98. The van der Waals surface area contributed by atoms with E-state index in [1.54, 1.807) is 7.11 Å². The minimum Gasteiger partial charge on any atom is -0.481 e. The Kier molecular flexibility index (Phi) is 4.55. The lowest BCUT2D eigenvalue weighted by Gasteiger charge is -2.34. The number of likely N-dealkylation sites (N-methyl/N-ethyl adjacent to an activating group) is 1. The molecule has 2 rings (SSSR count). The highest BCUT2D eigenvalue weighted by molar-refractivity contribution is 5.21. The van der Waals surface area contributed by atoms with Crippen LogP contribution in [-0.4, -0.2) is 37.1 Å². The lowest BCUT2D eigenvalue weighted by Crippen LogP contribution is -2.36. The van der Waals surface area contributed by atoms with Crippen LogP contribution >= 0.6 is 0 Å². The fourth-order valence-electron chi connectivity index (χ4n) is 2.49. The number of hydrogen-bond donors (Lipinski definition) is 1. The number of methoxy groups -OCH3 is 1. The topological polar surface area (TPSA) is 51.4 Å². The standard InChI is InChI=1S/C14H23N3O/c1-17(10-11-4-3-5-11)13(8-15)12-6-7-14(18-2)16-9-12/h6-7,9,11,13H,3-5,8,10,15H2,1-2H3. The van der Waals surface area contributed by atoms with Crippen LogP contribution in [0, 0.1) is 5.92 Å². The lowest BCUT2D eigenvalue weighted by molar-refractivity contribution is 0.164. The summed E-state index contributed by atoms with van der Waals surface area (Å²) >= 11 is 0. The Hall–Kier alpha value is -1.13. The average molecular weight is 249 g/mol. The molecule has 1 fully saturated rings. The molecule has 0 aromatic carbocycles. The molecule has 100 valence electrons. The van der Waals surface area contributed by atoms with Crippen LogP contribution in [-0.2, 0) is 0 Å². The van der Waals surface area contributed by atoms with Crippen molar-refractivity contribution in [1.82, 2.24) is 9.88 Å². The molecule has 1 aromatic rings. The van der Waals surface area contributed by atoms with Crippen molar-refractivity contribution in [2.75, 3.05) is 27.2 Å². The molecule has 0 spiro atoms. The second-order valence-corrected chi connectivity index (χ2v) is 5.12. The van der Waals surface area contributed by atoms with Gasteiger partial charge in [-0.2, -0.15) is 0 Å². The van der Waals surface area contributed by atoms with Gasteiger partial charge in [0.25, 0.3) is 0 Å². The molecule has 18 heavy (non-hydrogen) atoms. The Morgan fingerprint density at radius 3 is 2.72 bits per heavy atom. The molecular weight excluding hydrogens is 226 g/mol. The maximum Gasteiger partial charge on any atom is 0.212 e. The Bertz CT molecular complexity index is 362. The van der Waals surface area contributed by atoms with Crippen molar-refractivity contribution in [3.8, 4) is 5.88 Å². The summed E-state index contributed by atoms with van der Waals surface area (Å²) in [5.74, 6) is 1.51. The number of pyridine rings is 1. The van der Waals surface area contributed by atoms with Crippen molar-refractivity contribution in [1.29, 1.82) is 0 Å². The van der Waals surface area contributed by atoms with Crippen LogP contribution in [0.2, 0.25) is 0 Å². The van der Waals surface area contributed by atoms with E-state index in [1.807, 2.05) is 12.3 Å². The van der Waals surface area contributed by atoms with Crippen LogP contribution < -0.4 is 10.5 Å². The zero-order valence-corrected chi connectivity index (χ0v) is 11.3. The molecule has 0 aliphatic heterocycles. The zero-order valence-electron chi connectivity index (χ0n) is 11.3. The van der Waals surface area contributed by atoms with Gasteiger partial charge in [0.05, 0.1) is 7.11 Å². The third kappa shape index (κ3) is 3.00. The maximum atomic E-state index is 5.91. The fourth-order valence-corrected chi connectivity index (χ4v) is 2.49. The minimum absolute atomic E-state index is 0.254. The summed E-state index contributed by atoms with van der Waals surface area (Å²) in [7, 11) is 3.78. The molecule has 0 saturated heterocycles.